The van der Waals surface area contributed by atoms with E-state index in [-0.39, 0.29) is 0 Å². The fraction of sp³-hybridized carbons (Fsp3) is 0.833. The number of alkyl halides is 1. The Labute approximate surface area is 98.9 Å². The molecule has 0 aromatic rings. The molecule has 0 bridgehead atoms. The molecule has 15 heavy (non-hydrogen) atoms. The number of likely N-dealkylation sites (N-methyl/N-ethyl adjacent to an activating group) is 1. The number of piperidine rings is 1. The van der Waals surface area contributed by atoms with Crippen molar-refractivity contribution < 1.29 is 0 Å². The monoisotopic (exact) mass is 230 g/mol. The highest BCUT2D eigenvalue weighted by molar-refractivity contribution is 6.19. The van der Waals surface area contributed by atoms with Crippen molar-refractivity contribution >= 4 is 11.6 Å². The van der Waals surface area contributed by atoms with Crippen LogP contribution < -0.4 is 0 Å². The normalized spacial score (nSPS) is 19.7. The Bertz CT molecular complexity index is 198. The molecule has 0 unspecified atom stereocenters. The van der Waals surface area contributed by atoms with Gasteiger partial charge >= 0.3 is 0 Å². The molecule has 0 aromatic carbocycles. The topological polar surface area (TPSA) is 6.48 Å². The number of hydrogen-bond acceptors (Lipinski definition) is 2. The molecular weight excluding hydrogens is 208 g/mol. The highest BCUT2D eigenvalue weighted by Crippen LogP contribution is 2.17. The van der Waals surface area contributed by atoms with Gasteiger partial charge in [0.2, 0.25) is 0 Å². The maximum atomic E-state index is 5.73. The lowest BCUT2D eigenvalue weighted by molar-refractivity contribution is 0.181. The average molecular weight is 231 g/mol. The number of hydrogen-bond donors (Lipinski definition) is 0. The molecular formula is C12H23ClN2. The third-order valence-electron chi connectivity index (χ3n) is 3.09. The van der Waals surface area contributed by atoms with Crippen LogP contribution in [-0.4, -0.2) is 56.0 Å². The Morgan fingerprint density at radius 2 is 2.07 bits per heavy atom. The first-order chi connectivity index (χ1) is 7.11. The fourth-order valence-electron chi connectivity index (χ4n) is 2.17. The molecule has 0 amide bonds. The van der Waals surface area contributed by atoms with Gasteiger partial charge in [0.1, 0.15) is 0 Å². The van der Waals surface area contributed by atoms with Crippen LogP contribution in [0, 0.1) is 5.92 Å². The van der Waals surface area contributed by atoms with E-state index >= 15 is 0 Å². The van der Waals surface area contributed by atoms with Gasteiger partial charge in [-0.15, -0.1) is 11.6 Å². The van der Waals surface area contributed by atoms with Gasteiger partial charge in [-0.1, -0.05) is 6.58 Å². The Hall–Kier alpha value is -0.0500. The molecule has 0 atom stereocenters. The molecule has 1 heterocycles. The summed E-state index contributed by atoms with van der Waals surface area (Å²) in [6.07, 6.45) is 2.66. The summed E-state index contributed by atoms with van der Waals surface area (Å²) >= 11 is 5.73. The van der Waals surface area contributed by atoms with Crippen LogP contribution in [0.5, 0.6) is 0 Å². The van der Waals surface area contributed by atoms with Gasteiger partial charge in [0.25, 0.3) is 0 Å². The predicted octanol–water partition coefficient (Wildman–Crippen LogP) is 2.06. The third-order valence-corrected chi connectivity index (χ3v) is 3.47. The van der Waals surface area contributed by atoms with Crippen molar-refractivity contribution in [2.75, 3.05) is 46.2 Å². The second-order valence-corrected chi connectivity index (χ2v) is 5.09. The average Bonchev–Trinajstić information content (AvgIpc) is 2.21. The van der Waals surface area contributed by atoms with E-state index in [4.69, 9.17) is 11.6 Å². The van der Waals surface area contributed by atoms with Crippen molar-refractivity contribution in [3.05, 3.63) is 12.2 Å². The first kappa shape index (κ1) is 13.0. The van der Waals surface area contributed by atoms with Gasteiger partial charge in [0.15, 0.2) is 0 Å². The lowest BCUT2D eigenvalue weighted by atomic mass is 9.96. The highest BCUT2D eigenvalue weighted by atomic mass is 35.5. The van der Waals surface area contributed by atoms with Crippen LogP contribution in [0.4, 0.5) is 0 Å². The first-order valence-electron chi connectivity index (χ1n) is 5.71. The third kappa shape index (κ3) is 5.01. The Morgan fingerprint density at radius 3 is 2.60 bits per heavy atom. The molecule has 0 aliphatic carbocycles. The second-order valence-electron chi connectivity index (χ2n) is 4.83. The number of rotatable bonds is 5. The molecule has 2 nitrogen and oxygen atoms in total. The van der Waals surface area contributed by atoms with Crippen LogP contribution in [0.1, 0.15) is 12.8 Å². The fourth-order valence-corrected chi connectivity index (χ4v) is 2.26. The summed E-state index contributed by atoms with van der Waals surface area (Å²) in [5.74, 6) is 1.44. The SMILES string of the molecule is C=C(CCl)CN(C)CC1CCN(C)CC1. The largest absolute Gasteiger partial charge is 0.306 e. The number of nitrogens with zero attached hydrogens (tertiary/aromatic N) is 2. The maximum Gasteiger partial charge on any atom is 0.0443 e. The number of likely N-dealkylation sites (tertiary alicyclic amines) is 1. The summed E-state index contributed by atoms with van der Waals surface area (Å²) in [6.45, 7) is 8.55. The van der Waals surface area contributed by atoms with Gasteiger partial charge in [-0.25, -0.2) is 0 Å². The standard InChI is InChI=1S/C12H23ClN2/c1-11(8-13)9-15(3)10-12-4-6-14(2)7-5-12/h12H,1,4-10H2,2-3H3. The lowest BCUT2D eigenvalue weighted by Crippen LogP contribution is -2.36. The van der Waals surface area contributed by atoms with Gasteiger partial charge in [0.05, 0.1) is 0 Å². The van der Waals surface area contributed by atoms with E-state index in [9.17, 15) is 0 Å². The second kappa shape index (κ2) is 6.51. The van der Waals surface area contributed by atoms with Gasteiger partial charge < -0.3 is 9.80 Å². The minimum atomic E-state index is 0.581. The van der Waals surface area contributed by atoms with Crippen molar-refractivity contribution in [2.45, 2.75) is 12.8 Å². The summed E-state index contributed by atoms with van der Waals surface area (Å²) in [6, 6.07) is 0. The maximum absolute atomic E-state index is 5.73. The molecule has 1 aliphatic rings. The van der Waals surface area contributed by atoms with E-state index in [1.807, 2.05) is 0 Å². The minimum absolute atomic E-state index is 0.581. The van der Waals surface area contributed by atoms with E-state index in [1.165, 1.54) is 32.5 Å². The van der Waals surface area contributed by atoms with Crippen molar-refractivity contribution in [2.24, 2.45) is 5.92 Å². The van der Waals surface area contributed by atoms with Crippen LogP contribution in [0.3, 0.4) is 0 Å². The summed E-state index contributed by atoms with van der Waals surface area (Å²) in [7, 11) is 4.37. The molecule has 0 aromatic heterocycles. The molecule has 0 saturated carbocycles. The van der Waals surface area contributed by atoms with E-state index in [1.54, 1.807) is 0 Å². The van der Waals surface area contributed by atoms with E-state index in [2.05, 4.69) is 30.5 Å². The summed E-state index contributed by atoms with van der Waals surface area (Å²) < 4.78 is 0. The summed E-state index contributed by atoms with van der Waals surface area (Å²) in [5, 5.41) is 0. The Morgan fingerprint density at radius 1 is 1.47 bits per heavy atom. The van der Waals surface area contributed by atoms with E-state index in [0.717, 1.165) is 18.0 Å². The summed E-state index contributed by atoms with van der Waals surface area (Å²) in [4.78, 5) is 4.76. The number of halogens is 1. The van der Waals surface area contributed by atoms with Gasteiger partial charge in [-0.05, 0) is 51.5 Å². The van der Waals surface area contributed by atoms with Crippen LogP contribution >= 0.6 is 11.6 Å². The molecule has 0 spiro atoms. The van der Waals surface area contributed by atoms with Crippen molar-refractivity contribution in [1.29, 1.82) is 0 Å². The molecule has 1 rings (SSSR count). The molecule has 1 saturated heterocycles. The van der Waals surface area contributed by atoms with Gasteiger partial charge in [0, 0.05) is 19.0 Å². The van der Waals surface area contributed by atoms with Crippen molar-refractivity contribution in [1.82, 2.24) is 9.80 Å². The first-order valence-corrected chi connectivity index (χ1v) is 6.25. The molecule has 3 heteroatoms. The molecule has 0 radical (unpaired) electrons. The lowest BCUT2D eigenvalue weighted by Gasteiger charge is -2.31. The Kier molecular flexibility index (Phi) is 5.65. The summed E-state index contributed by atoms with van der Waals surface area (Å²) in [5.41, 5.74) is 1.12. The zero-order valence-electron chi connectivity index (χ0n) is 10.0. The van der Waals surface area contributed by atoms with E-state index in [0.29, 0.717) is 5.88 Å². The van der Waals surface area contributed by atoms with Crippen molar-refractivity contribution in [3.63, 3.8) is 0 Å². The molecule has 88 valence electrons. The van der Waals surface area contributed by atoms with Gasteiger partial charge in [-0.3, -0.25) is 0 Å². The predicted molar refractivity (Wildman–Crippen MR) is 67.6 cm³/mol. The van der Waals surface area contributed by atoms with Gasteiger partial charge in [-0.2, -0.15) is 0 Å². The molecule has 0 N–H and O–H groups in total. The highest BCUT2D eigenvalue weighted by Gasteiger charge is 2.17. The zero-order valence-corrected chi connectivity index (χ0v) is 10.8. The Balaban J connectivity index is 2.20. The van der Waals surface area contributed by atoms with Crippen LogP contribution in [0.15, 0.2) is 12.2 Å². The van der Waals surface area contributed by atoms with Crippen LogP contribution in [0.2, 0.25) is 0 Å². The molecule has 1 fully saturated rings. The zero-order chi connectivity index (χ0) is 11.3. The van der Waals surface area contributed by atoms with E-state index < -0.39 is 0 Å². The van der Waals surface area contributed by atoms with Crippen molar-refractivity contribution in [3.8, 4) is 0 Å². The van der Waals surface area contributed by atoms with Crippen LogP contribution in [0.25, 0.3) is 0 Å². The smallest absolute Gasteiger partial charge is 0.0443 e. The minimum Gasteiger partial charge on any atom is -0.306 e. The quantitative estimate of drug-likeness (QED) is 0.527. The van der Waals surface area contributed by atoms with Crippen LogP contribution in [-0.2, 0) is 0 Å². The molecule has 1 aliphatic heterocycles.